The van der Waals surface area contributed by atoms with Gasteiger partial charge in [0.1, 0.15) is 5.01 Å². The second-order valence-electron chi connectivity index (χ2n) is 5.58. The lowest BCUT2D eigenvalue weighted by Crippen LogP contribution is -2.14. The molecule has 9 heteroatoms. The minimum absolute atomic E-state index is 0.347. The lowest BCUT2D eigenvalue weighted by atomic mass is 10.1. The molecule has 1 aromatic carbocycles. The summed E-state index contributed by atoms with van der Waals surface area (Å²) in [5.74, 6) is 0.142. The summed E-state index contributed by atoms with van der Waals surface area (Å²) in [5, 5.41) is 12.1. The van der Waals surface area contributed by atoms with Gasteiger partial charge in [0.25, 0.3) is 5.91 Å². The predicted octanol–water partition coefficient (Wildman–Crippen LogP) is 2.35. The number of aryl methyl sites for hydroxylation is 1. The Hall–Kier alpha value is -2.00. The molecule has 1 aliphatic rings. The Morgan fingerprint density at radius 3 is 2.70 bits per heavy atom. The Morgan fingerprint density at radius 1 is 1.30 bits per heavy atom. The molecule has 1 aromatic heterocycles. The maximum Gasteiger partial charge on any atom is 0.257 e. The molecule has 1 fully saturated rings. The minimum Gasteiger partial charge on any atom is -0.296 e. The topological polar surface area (TPSA) is 101 Å². The highest BCUT2D eigenvalue weighted by Gasteiger charge is 2.27. The monoisotopic (exact) mass is 352 g/mol. The standard InChI is InChI=1S/C14H16N4O3S2/c1-8-3-4-10(7-11(8)18-23(2,20)21)12(19)15-14-17-16-13(22-14)9-5-6-9/h3-4,7,9,18H,5-6H2,1-2H3,(H,15,17,19). The van der Waals surface area contributed by atoms with Gasteiger partial charge < -0.3 is 0 Å². The van der Waals surface area contributed by atoms with Crippen LogP contribution in [0.3, 0.4) is 0 Å². The molecule has 7 nitrogen and oxygen atoms in total. The average Bonchev–Trinajstić information content (AvgIpc) is 3.20. The van der Waals surface area contributed by atoms with Crippen LogP contribution in [-0.4, -0.2) is 30.8 Å². The second-order valence-corrected chi connectivity index (χ2v) is 8.34. The smallest absolute Gasteiger partial charge is 0.257 e. The van der Waals surface area contributed by atoms with Crippen LogP contribution in [0.25, 0.3) is 0 Å². The van der Waals surface area contributed by atoms with Gasteiger partial charge in [-0.05, 0) is 37.5 Å². The quantitative estimate of drug-likeness (QED) is 0.860. The van der Waals surface area contributed by atoms with E-state index in [2.05, 4.69) is 20.2 Å². The highest BCUT2D eigenvalue weighted by molar-refractivity contribution is 7.92. The van der Waals surface area contributed by atoms with Crippen molar-refractivity contribution in [3.8, 4) is 0 Å². The number of benzene rings is 1. The first kappa shape index (κ1) is 15.9. The van der Waals surface area contributed by atoms with Crippen LogP contribution in [0.1, 0.15) is 39.7 Å². The van der Waals surface area contributed by atoms with E-state index in [1.165, 1.54) is 17.4 Å². The number of amides is 1. The van der Waals surface area contributed by atoms with E-state index < -0.39 is 10.0 Å². The minimum atomic E-state index is -3.40. The van der Waals surface area contributed by atoms with E-state index in [1.54, 1.807) is 19.1 Å². The fraction of sp³-hybridized carbons (Fsp3) is 0.357. The summed E-state index contributed by atoms with van der Waals surface area (Å²) in [6, 6.07) is 4.84. The van der Waals surface area contributed by atoms with Gasteiger partial charge in [-0.1, -0.05) is 17.4 Å². The maximum atomic E-state index is 12.3. The molecule has 0 atom stereocenters. The van der Waals surface area contributed by atoms with Crippen LogP contribution in [0.2, 0.25) is 0 Å². The Kier molecular flexibility index (Phi) is 4.07. The van der Waals surface area contributed by atoms with Crippen LogP contribution in [0.5, 0.6) is 0 Å². The number of hydrogen-bond donors (Lipinski definition) is 2. The molecule has 0 aliphatic heterocycles. The number of nitrogens with one attached hydrogen (secondary N) is 2. The summed E-state index contributed by atoms with van der Waals surface area (Å²) in [4.78, 5) is 12.3. The van der Waals surface area contributed by atoms with Gasteiger partial charge in [-0.3, -0.25) is 14.8 Å². The van der Waals surface area contributed by atoms with Gasteiger partial charge in [0.2, 0.25) is 15.2 Å². The summed E-state index contributed by atoms with van der Waals surface area (Å²) in [6.45, 7) is 1.77. The maximum absolute atomic E-state index is 12.3. The molecule has 122 valence electrons. The van der Waals surface area contributed by atoms with E-state index in [1.807, 2.05) is 0 Å². The highest BCUT2D eigenvalue weighted by Crippen LogP contribution is 2.42. The van der Waals surface area contributed by atoms with Crippen molar-refractivity contribution in [1.29, 1.82) is 0 Å². The van der Waals surface area contributed by atoms with Gasteiger partial charge in [-0.25, -0.2) is 8.42 Å². The zero-order valence-electron chi connectivity index (χ0n) is 12.7. The molecule has 3 rings (SSSR count). The van der Waals surface area contributed by atoms with Crippen LogP contribution >= 0.6 is 11.3 Å². The van der Waals surface area contributed by atoms with E-state index in [0.717, 1.165) is 29.7 Å². The molecule has 0 saturated heterocycles. The van der Waals surface area contributed by atoms with Gasteiger partial charge in [-0.15, -0.1) is 10.2 Å². The largest absolute Gasteiger partial charge is 0.296 e. The number of sulfonamides is 1. The molecule has 1 heterocycles. The van der Waals surface area contributed by atoms with E-state index in [0.29, 0.717) is 22.3 Å². The van der Waals surface area contributed by atoms with E-state index in [9.17, 15) is 13.2 Å². The summed E-state index contributed by atoms with van der Waals surface area (Å²) in [5.41, 5.74) is 1.47. The van der Waals surface area contributed by atoms with Crippen molar-refractivity contribution in [1.82, 2.24) is 10.2 Å². The first-order valence-electron chi connectivity index (χ1n) is 7.05. The van der Waals surface area contributed by atoms with Gasteiger partial charge in [0.15, 0.2) is 0 Å². The number of rotatable bonds is 5. The van der Waals surface area contributed by atoms with Crippen LogP contribution in [0.4, 0.5) is 10.8 Å². The molecule has 0 radical (unpaired) electrons. The number of nitrogens with zero attached hydrogens (tertiary/aromatic N) is 2. The molecule has 1 amide bonds. The Labute approximate surface area is 138 Å². The molecule has 23 heavy (non-hydrogen) atoms. The molecule has 2 N–H and O–H groups in total. The summed E-state index contributed by atoms with van der Waals surface area (Å²) < 4.78 is 25.1. The summed E-state index contributed by atoms with van der Waals surface area (Å²) in [6.07, 6.45) is 3.32. The van der Waals surface area contributed by atoms with Crippen molar-refractivity contribution in [3.05, 3.63) is 34.3 Å². The first-order chi connectivity index (χ1) is 10.8. The lowest BCUT2D eigenvalue weighted by molar-refractivity contribution is 0.102. The third-order valence-electron chi connectivity index (χ3n) is 3.38. The molecule has 2 aromatic rings. The predicted molar refractivity (Wildman–Crippen MR) is 89.5 cm³/mol. The molecule has 1 aliphatic carbocycles. The fourth-order valence-electron chi connectivity index (χ4n) is 2.02. The number of hydrogen-bond acceptors (Lipinski definition) is 6. The number of carbonyl (C=O) groups is 1. The number of anilines is 2. The van der Waals surface area contributed by atoms with E-state index in [4.69, 9.17) is 0 Å². The molecular formula is C14H16N4O3S2. The van der Waals surface area contributed by atoms with Gasteiger partial charge in [0.05, 0.1) is 11.9 Å². The second kappa shape index (κ2) is 5.89. The van der Waals surface area contributed by atoms with Crippen molar-refractivity contribution in [3.63, 3.8) is 0 Å². The molecule has 0 spiro atoms. The van der Waals surface area contributed by atoms with Crippen LogP contribution < -0.4 is 10.0 Å². The Morgan fingerprint density at radius 2 is 2.04 bits per heavy atom. The Balaban J connectivity index is 1.77. The number of aromatic nitrogens is 2. The lowest BCUT2D eigenvalue weighted by Gasteiger charge is -2.09. The Bertz CT molecular complexity index is 857. The third kappa shape index (κ3) is 4.05. The van der Waals surface area contributed by atoms with Crippen molar-refractivity contribution >= 4 is 38.1 Å². The highest BCUT2D eigenvalue weighted by atomic mass is 32.2. The van der Waals surface area contributed by atoms with Crippen LogP contribution in [-0.2, 0) is 10.0 Å². The summed E-state index contributed by atoms with van der Waals surface area (Å²) in [7, 11) is -3.40. The van der Waals surface area contributed by atoms with Gasteiger partial charge in [-0.2, -0.15) is 0 Å². The number of carbonyl (C=O) groups excluding carboxylic acids is 1. The van der Waals surface area contributed by atoms with Crippen molar-refractivity contribution in [2.24, 2.45) is 0 Å². The van der Waals surface area contributed by atoms with E-state index in [-0.39, 0.29) is 5.91 Å². The van der Waals surface area contributed by atoms with Crippen LogP contribution in [0, 0.1) is 6.92 Å². The fourth-order valence-corrected chi connectivity index (χ4v) is 3.55. The molecule has 1 saturated carbocycles. The van der Waals surface area contributed by atoms with Gasteiger partial charge >= 0.3 is 0 Å². The van der Waals surface area contributed by atoms with E-state index >= 15 is 0 Å². The zero-order chi connectivity index (χ0) is 16.6. The summed E-state index contributed by atoms with van der Waals surface area (Å²) >= 11 is 1.38. The third-order valence-corrected chi connectivity index (χ3v) is 4.97. The normalized spacial score (nSPS) is 14.5. The van der Waals surface area contributed by atoms with Gasteiger partial charge in [0, 0.05) is 11.5 Å². The zero-order valence-corrected chi connectivity index (χ0v) is 14.3. The van der Waals surface area contributed by atoms with Crippen LogP contribution in [0.15, 0.2) is 18.2 Å². The molecule has 0 bridgehead atoms. The molecule has 0 unspecified atom stereocenters. The van der Waals surface area contributed by atoms with Crippen molar-refractivity contribution in [2.75, 3.05) is 16.3 Å². The van der Waals surface area contributed by atoms with Crippen molar-refractivity contribution in [2.45, 2.75) is 25.7 Å². The SMILES string of the molecule is Cc1ccc(C(=O)Nc2nnc(C3CC3)s2)cc1NS(C)(=O)=O. The molecular weight excluding hydrogens is 336 g/mol. The van der Waals surface area contributed by atoms with Crippen molar-refractivity contribution < 1.29 is 13.2 Å². The average molecular weight is 352 g/mol. The first-order valence-corrected chi connectivity index (χ1v) is 9.76.